The van der Waals surface area contributed by atoms with E-state index in [0.29, 0.717) is 13.2 Å². The zero-order valence-electron chi connectivity index (χ0n) is 8.73. The van der Waals surface area contributed by atoms with Crippen molar-refractivity contribution in [1.29, 1.82) is 0 Å². The van der Waals surface area contributed by atoms with E-state index in [2.05, 4.69) is 0 Å². The Morgan fingerprint density at radius 1 is 1.40 bits per heavy atom. The van der Waals surface area contributed by atoms with E-state index in [1.54, 1.807) is 11.2 Å². The van der Waals surface area contributed by atoms with Crippen molar-refractivity contribution in [2.45, 2.75) is 37.1 Å². The predicted molar refractivity (Wildman–Crippen MR) is 58.6 cm³/mol. The number of fused-ring (bicyclic) bond motifs is 2. The SMILES string of the molecule is CC(CCl)S(=O)(=O)N1C2CCC1COC2. The van der Waals surface area contributed by atoms with E-state index >= 15 is 0 Å². The third-order valence-electron chi connectivity index (χ3n) is 3.19. The Balaban J connectivity index is 2.23. The second-order valence-electron chi connectivity index (χ2n) is 4.26. The van der Waals surface area contributed by atoms with Crippen LogP contribution < -0.4 is 0 Å². The number of ether oxygens (including phenoxy) is 1. The Bertz CT molecular complexity index is 316. The smallest absolute Gasteiger partial charge is 0.218 e. The molecule has 0 N–H and O–H groups in total. The number of hydrogen-bond acceptors (Lipinski definition) is 3. The van der Waals surface area contributed by atoms with E-state index in [1.165, 1.54) is 0 Å². The van der Waals surface area contributed by atoms with Crippen LogP contribution in [0.15, 0.2) is 0 Å². The number of alkyl halides is 1. The molecule has 4 nitrogen and oxygen atoms in total. The van der Waals surface area contributed by atoms with Crippen LogP contribution in [0.2, 0.25) is 0 Å². The summed E-state index contributed by atoms with van der Waals surface area (Å²) in [5.41, 5.74) is 0. The van der Waals surface area contributed by atoms with Crippen molar-refractivity contribution in [3.63, 3.8) is 0 Å². The van der Waals surface area contributed by atoms with Crippen molar-refractivity contribution in [3.05, 3.63) is 0 Å². The Labute approximate surface area is 95.6 Å². The van der Waals surface area contributed by atoms with Gasteiger partial charge in [-0.05, 0) is 19.8 Å². The number of sulfonamides is 1. The fourth-order valence-corrected chi connectivity index (χ4v) is 4.51. The number of nitrogens with zero attached hydrogens (tertiary/aromatic N) is 1. The summed E-state index contributed by atoms with van der Waals surface area (Å²) in [4.78, 5) is 0. The zero-order valence-corrected chi connectivity index (χ0v) is 10.3. The molecule has 88 valence electrons. The fraction of sp³-hybridized carbons (Fsp3) is 1.00. The van der Waals surface area contributed by atoms with Crippen LogP contribution in [0.25, 0.3) is 0 Å². The van der Waals surface area contributed by atoms with E-state index in [-0.39, 0.29) is 18.0 Å². The summed E-state index contributed by atoms with van der Waals surface area (Å²) in [5, 5.41) is -0.500. The molecule has 0 radical (unpaired) electrons. The minimum absolute atomic E-state index is 0.0411. The number of hydrogen-bond donors (Lipinski definition) is 0. The lowest BCUT2D eigenvalue weighted by molar-refractivity contribution is 0.0266. The molecule has 3 atom stereocenters. The summed E-state index contributed by atoms with van der Waals surface area (Å²) in [5.74, 6) is 0.152. The first-order chi connectivity index (χ1) is 7.07. The van der Waals surface area contributed by atoms with Crippen molar-refractivity contribution < 1.29 is 13.2 Å². The molecule has 0 aromatic rings. The lowest BCUT2D eigenvalue weighted by atomic mass is 10.2. The van der Waals surface area contributed by atoms with Crippen LogP contribution in [0.4, 0.5) is 0 Å². The molecule has 0 aromatic heterocycles. The van der Waals surface area contributed by atoms with Crippen molar-refractivity contribution in [2.75, 3.05) is 19.1 Å². The molecule has 0 saturated carbocycles. The molecule has 2 bridgehead atoms. The first kappa shape index (κ1) is 11.6. The van der Waals surface area contributed by atoms with Gasteiger partial charge in [-0.25, -0.2) is 8.42 Å². The minimum Gasteiger partial charge on any atom is -0.378 e. The minimum atomic E-state index is -3.23. The van der Waals surface area contributed by atoms with E-state index in [0.717, 1.165) is 12.8 Å². The summed E-state index contributed by atoms with van der Waals surface area (Å²) in [6.07, 6.45) is 1.83. The summed E-state index contributed by atoms with van der Waals surface area (Å²) in [6, 6.07) is 0.0823. The molecule has 3 unspecified atom stereocenters. The number of rotatable bonds is 3. The molecule has 2 rings (SSSR count). The highest BCUT2D eigenvalue weighted by atomic mass is 35.5. The molecule has 0 spiro atoms. The standard InChI is InChI=1S/C9H16ClNO3S/c1-7(4-10)15(12,13)11-8-2-3-9(11)6-14-5-8/h7-9H,2-6H2,1H3. The molecule has 0 amide bonds. The lowest BCUT2D eigenvalue weighted by Gasteiger charge is -2.35. The van der Waals surface area contributed by atoms with Gasteiger partial charge in [0, 0.05) is 18.0 Å². The van der Waals surface area contributed by atoms with Gasteiger partial charge in [0.05, 0.1) is 18.5 Å². The monoisotopic (exact) mass is 253 g/mol. The highest BCUT2D eigenvalue weighted by Gasteiger charge is 2.45. The Hall–Kier alpha value is 0.160. The Morgan fingerprint density at radius 2 is 1.93 bits per heavy atom. The predicted octanol–water partition coefficient (Wildman–Crippen LogP) is 0.807. The quantitative estimate of drug-likeness (QED) is 0.700. The molecule has 2 aliphatic rings. The highest BCUT2D eigenvalue weighted by Crippen LogP contribution is 2.33. The maximum atomic E-state index is 12.2. The third kappa shape index (κ3) is 1.90. The molecule has 2 aliphatic heterocycles. The number of halogens is 1. The normalized spacial score (nSPS) is 34.3. The van der Waals surface area contributed by atoms with Gasteiger partial charge >= 0.3 is 0 Å². The van der Waals surface area contributed by atoms with E-state index in [9.17, 15) is 8.42 Å². The van der Waals surface area contributed by atoms with Gasteiger partial charge in [-0.3, -0.25) is 0 Å². The van der Waals surface area contributed by atoms with Crippen LogP contribution in [0, 0.1) is 0 Å². The van der Waals surface area contributed by atoms with Gasteiger partial charge in [-0.1, -0.05) is 0 Å². The average Bonchev–Trinajstić information content (AvgIpc) is 2.49. The molecular formula is C9H16ClNO3S. The molecule has 2 fully saturated rings. The highest BCUT2D eigenvalue weighted by molar-refractivity contribution is 7.89. The van der Waals surface area contributed by atoms with E-state index in [1.807, 2.05) is 0 Å². The largest absolute Gasteiger partial charge is 0.378 e. The van der Waals surface area contributed by atoms with Gasteiger partial charge in [0.25, 0.3) is 0 Å². The van der Waals surface area contributed by atoms with E-state index in [4.69, 9.17) is 16.3 Å². The van der Waals surface area contributed by atoms with Gasteiger partial charge < -0.3 is 4.74 Å². The zero-order chi connectivity index (χ0) is 11.1. The van der Waals surface area contributed by atoms with E-state index < -0.39 is 15.3 Å². The summed E-state index contributed by atoms with van der Waals surface area (Å²) < 4.78 is 31.3. The molecule has 15 heavy (non-hydrogen) atoms. The summed E-state index contributed by atoms with van der Waals surface area (Å²) in [6.45, 7) is 2.73. The molecule has 0 aromatic carbocycles. The van der Waals surface area contributed by atoms with Gasteiger partial charge in [-0.2, -0.15) is 4.31 Å². The lowest BCUT2D eigenvalue weighted by Crippen LogP contribution is -2.51. The van der Waals surface area contributed by atoms with Gasteiger partial charge in [0.2, 0.25) is 10.0 Å². The van der Waals surface area contributed by atoms with Gasteiger partial charge in [0.15, 0.2) is 0 Å². The van der Waals surface area contributed by atoms with Gasteiger partial charge in [0.1, 0.15) is 0 Å². The topological polar surface area (TPSA) is 46.6 Å². The number of morpholine rings is 1. The van der Waals surface area contributed by atoms with Crippen molar-refractivity contribution in [2.24, 2.45) is 0 Å². The van der Waals surface area contributed by atoms with Crippen LogP contribution in [0.3, 0.4) is 0 Å². The van der Waals surface area contributed by atoms with Crippen molar-refractivity contribution >= 4 is 21.6 Å². The molecule has 2 heterocycles. The Kier molecular flexibility index (Phi) is 3.26. The van der Waals surface area contributed by atoms with Crippen LogP contribution >= 0.6 is 11.6 Å². The van der Waals surface area contributed by atoms with Crippen LogP contribution in [-0.4, -0.2) is 49.2 Å². The van der Waals surface area contributed by atoms with Crippen LogP contribution in [0.5, 0.6) is 0 Å². The summed E-state index contributed by atoms with van der Waals surface area (Å²) >= 11 is 5.63. The average molecular weight is 254 g/mol. The van der Waals surface area contributed by atoms with Crippen LogP contribution in [-0.2, 0) is 14.8 Å². The molecule has 6 heteroatoms. The molecule has 0 aliphatic carbocycles. The molecular weight excluding hydrogens is 238 g/mol. The molecule has 2 saturated heterocycles. The maximum absolute atomic E-state index is 12.2. The first-order valence-corrected chi connectivity index (χ1v) is 7.27. The first-order valence-electron chi connectivity index (χ1n) is 5.23. The fourth-order valence-electron chi connectivity index (χ4n) is 2.29. The van der Waals surface area contributed by atoms with Crippen LogP contribution in [0.1, 0.15) is 19.8 Å². The third-order valence-corrected chi connectivity index (χ3v) is 6.21. The van der Waals surface area contributed by atoms with Gasteiger partial charge in [-0.15, -0.1) is 11.6 Å². The second-order valence-corrected chi connectivity index (χ2v) is 6.83. The van der Waals surface area contributed by atoms with Crippen molar-refractivity contribution in [1.82, 2.24) is 4.31 Å². The Morgan fingerprint density at radius 3 is 2.40 bits per heavy atom. The maximum Gasteiger partial charge on any atom is 0.218 e. The van der Waals surface area contributed by atoms with Crippen molar-refractivity contribution in [3.8, 4) is 0 Å². The second kappa shape index (κ2) is 4.20. The summed E-state index contributed by atoms with van der Waals surface area (Å²) in [7, 11) is -3.23.